The molecule has 1 rings (SSSR count). The Morgan fingerprint density at radius 1 is 1.29 bits per heavy atom. The van der Waals surface area contributed by atoms with Gasteiger partial charge in [-0.15, -0.1) is 0 Å². The van der Waals surface area contributed by atoms with Gasteiger partial charge in [0.1, 0.15) is 0 Å². The Kier molecular flexibility index (Phi) is 4.09. The van der Waals surface area contributed by atoms with Crippen molar-refractivity contribution in [2.75, 3.05) is 7.11 Å². The van der Waals surface area contributed by atoms with E-state index >= 15 is 0 Å². The molecular weight excluding hydrogens is 222 g/mol. The highest BCUT2D eigenvalue weighted by molar-refractivity contribution is 5.93. The van der Waals surface area contributed by atoms with Gasteiger partial charge in [0.05, 0.1) is 7.11 Å². The van der Waals surface area contributed by atoms with Gasteiger partial charge >= 0.3 is 0 Å². The van der Waals surface area contributed by atoms with Gasteiger partial charge in [-0.3, -0.25) is 9.59 Å². The lowest BCUT2D eigenvalue weighted by molar-refractivity contribution is -0.122. The van der Waals surface area contributed by atoms with Gasteiger partial charge in [-0.25, -0.2) is 0 Å². The molecule has 0 radical (unpaired) electrons. The maximum absolute atomic E-state index is 11.1. The summed E-state index contributed by atoms with van der Waals surface area (Å²) < 4.78 is 10.5. The van der Waals surface area contributed by atoms with Crippen LogP contribution in [0.5, 0.6) is 11.5 Å². The van der Waals surface area contributed by atoms with Gasteiger partial charge in [-0.1, -0.05) is 0 Å². The highest BCUT2D eigenvalue weighted by Crippen LogP contribution is 2.28. The number of primary amides is 1. The number of rotatable bonds is 5. The van der Waals surface area contributed by atoms with E-state index in [4.69, 9.17) is 15.2 Å². The van der Waals surface area contributed by atoms with E-state index in [2.05, 4.69) is 0 Å². The third-order valence-corrected chi connectivity index (χ3v) is 2.32. The summed E-state index contributed by atoms with van der Waals surface area (Å²) in [4.78, 5) is 22.1. The average molecular weight is 237 g/mol. The Bertz CT molecular complexity index is 442. The van der Waals surface area contributed by atoms with E-state index in [1.807, 2.05) is 0 Å². The molecule has 1 unspecified atom stereocenters. The third kappa shape index (κ3) is 3.21. The van der Waals surface area contributed by atoms with E-state index < -0.39 is 12.0 Å². The van der Waals surface area contributed by atoms with Crippen LogP contribution < -0.4 is 15.2 Å². The van der Waals surface area contributed by atoms with Crippen molar-refractivity contribution in [3.8, 4) is 11.5 Å². The fourth-order valence-electron chi connectivity index (χ4n) is 1.19. The standard InChI is InChI=1S/C12H15NO4/c1-7(14)8(2)17-10-5-4-9(12(13)15)6-11(10)16-3/h4-6,8H,1-3H3,(H2,13,15). The lowest BCUT2D eigenvalue weighted by Crippen LogP contribution is -2.21. The number of methoxy groups -OCH3 is 1. The van der Waals surface area contributed by atoms with Crippen LogP contribution in [0.4, 0.5) is 0 Å². The second-order valence-electron chi connectivity index (χ2n) is 3.60. The first-order valence-corrected chi connectivity index (χ1v) is 5.10. The number of ketones is 1. The molecule has 5 nitrogen and oxygen atoms in total. The first kappa shape index (κ1) is 13.0. The molecule has 92 valence electrons. The number of ether oxygens (including phenoxy) is 2. The molecule has 1 aromatic rings. The van der Waals surface area contributed by atoms with E-state index in [1.165, 1.54) is 26.2 Å². The molecule has 0 saturated heterocycles. The predicted octanol–water partition coefficient (Wildman–Crippen LogP) is 1.15. The topological polar surface area (TPSA) is 78.6 Å². The molecule has 17 heavy (non-hydrogen) atoms. The molecule has 0 spiro atoms. The Balaban J connectivity index is 3.00. The van der Waals surface area contributed by atoms with Gasteiger partial charge < -0.3 is 15.2 Å². The van der Waals surface area contributed by atoms with Crippen molar-refractivity contribution in [1.29, 1.82) is 0 Å². The van der Waals surface area contributed by atoms with Crippen molar-refractivity contribution >= 4 is 11.7 Å². The number of Topliss-reactive ketones (excluding diaryl/α,β-unsaturated/α-hetero) is 1. The van der Waals surface area contributed by atoms with E-state index in [0.717, 1.165) is 0 Å². The summed E-state index contributed by atoms with van der Waals surface area (Å²) in [6.07, 6.45) is -0.566. The van der Waals surface area contributed by atoms with E-state index in [0.29, 0.717) is 17.1 Å². The highest BCUT2D eigenvalue weighted by Gasteiger charge is 2.14. The van der Waals surface area contributed by atoms with Crippen LogP contribution in [0.15, 0.2) is 18.2 Å². The molecule has 1 aromatic carbocycles. The fourth-order valence-corrected chi connectivity index (χ4v) is 1.19. The molecule has 0 fully saturated rings. The summed E-state index contributed by atoms with van der Waals surface area (Å²) in [5.41, 5.74) is 5.47. The molecule has 2 N–H and O–H groups in total. The minimum Gasteiger partial charge on any atom is -0.493 e. The zero-order valence-corrected chi connectivity index (χ0v) is 10.0. The lowest BCUT2D eigenvalue weighted by Gasteiger charge is -2.15. The molecule has 1 amide bonds. The Hall–Kier alpha value is -2.04. The monoisotopic (exact) mass is 237 g/mol. The van der Waals surface area contributed by atoms with E-state index in [-0.39, 0.29) is 5.78 Å². The third-order valence-electron chi connectivity index (χ3n) is 2.32. The molecule has 0 heterocycles. The maximum atomic E-state index is 11.1. The Morgan fingerprint density at radius 2 is 1.94 bits per heavy atom. The molecule has 5 heteroatoms. The Labute approximate surface area is 99.5 Å². The molecule has 0 bridgehead atoms. The molecular formula is C12H15NO4. The van der Waals surface area contributed by atoms with Gasteiger partial charge in [0, 0.05) is 5.56 Å². The zero-order chi connectivity index (χ0) is 13.0. The van der Waals surface area contributed by atoms with Crippen LogP contribution >= 0.6 is 0 Å². The van der Waals surface area contributed by atoms with Crippen molar-refractivity contribution in [3.63, 3.8) is 0 Å². The molecule has 0 saturated carbocycles. The van der Waals surface area contributed by atoms with Gasteiger partial charge in [-0.05, 0) is 32.0 Å². The number of carbonyl (C=O) groups excluding carboxylic acids is 2. The van der Waals surface area contributed by atoms with Gasteiger partial charge in [0.25, 0.3) is 0 Å². The summed E-state index contributed by atoms with van der Waals surface area (Å²) in [7, 11) is 1.45. The zero-order valence-electron chi connectivity index (χ0n) is 10.0. The van der Waals surface area contributed by atoms with Crippen LogP contribution in [0.25, 0.3) is 0 Å². The molecule has 0 aromatic heterocycles. The van der Waals surface area contributed by atoms with Crippen molar-refractivity contribution in [2.24, 2.45) is 5.73 Å². The molecule has 1 atom stereocenters. The van der Waals surface area contributed by atoms with Crippen LogP contribution in [0.3, 0.4) is 0 Å². The number of amides is 1. The van der Waals surface area contributed by atoms with Crippen LogP contribution in [0.1, 0.15) is 24.2 Å². The SMILES string of the molecule is COc1cc(C(N)=O)ccc1OC(C)C(C)=O. The predicted molar refractivity (Wildman–Crippen MR) is 62.3 cm³/mol. The van der Waals surface area contributed by atoms with Crippen molar-refractivity contribution < 1.29 is 19.1 Å². The number of hydrogen-bond donors (Lipinski definition) is 1. The van der Waals surface area contributed by atoms with Gasteiger partial charge in [-0.2, -0.15) is 0 Å². The largest absolute Gasteiger partial charge is 0.493 e. The van der Waals surface area contributed by atoms with Gasteiger partial charge in [0.2, 0.25) is 5.91 Å². The lowest BCUT2D eigenvalue weighted by atomic mass is 10.2. The van der Waals surface area contributed by atoms with Crippen molar-refractivity contribution in [2.45, 2.75) is 20.0 Å². The smallest absolute Gasteiger partial charge is 0.248 e. The average Bonchev–Trinajstić information content (AvgIpc) is 2.28. The summed E-state index contributed by atoms with van der Waals surface area (Å²) >= 11 is 0. The van der Waals surface area contributed by atoms with E-state index in [1.54, 1.807) is 13.0 Å². The van der Waals surface area contributed by atoms with Gasteiger partial charge in [0.15, 0.2) is 23.4 Å². The minimum absolute atomic E-state index is 0.0916. The summed E-state index contributed by atoms with van der Waals surface area (Å²) in [6.45, 7) is 3.08. The first-order chi connectivity index (χ1) is 7.95. The fraction of sp³-hybridized carbons (Fsp3) is 0.333. The van der Waals surface area contributed by atoms with Crippen LogP contribution in [0, 0.1) is 0 Å². The molecule has 0 aliphatic carbocycles. The van der Waals surface area contributed by atoms with Crippen LogP contribution in [-0.4, -0.2) is 24.9 Å². The number of benzene rings is 1. The molecule has 0 aliphatic rings. The highest BCUT2D eigenvalue weighted by atomic mass is 16.5. The number of carbonyl (C=O) groups is 2. The Morgan fingerprint density at radius 3 is 2.41 bits per heavy atom. The second kappa shape index (κ2) is 5.34. The van der Waals surface area contributed by atoms with Crippen LogP contribution in [0.2, 0.25) is 0 Å². The van der Waals surface area contributed by atoms with E-state index in [9.17, 15) is 9.59 Å². The molecule has 0 aliphatic heterocycles. The maximum Gasteiger partial charge on any atom is 0.248 e. The second-order valence-corrected chi connectivity index (χ2v) is 3.60. The summed E-state index contributed by atoms with van der Waals surface area (Å²) in [5, 5.41) is 0. The summed E-state index contributed by atoms with van der Waals surface area (Å²) in [5.74, 6) is 0.134. The number of nitrogens with two attached hydrogens (primary N) is 1. The van der Waals surface area contributed by atoms with Crippen molar-refractivity contribution in [1.82, 2.24) is 0 Å². The quantitative estimate of drug-likeness (QED) is 0.833. The van der Waals surface area contributed by atoms with Crippen LogP contribution in [-0.2, 0) is 4.79 Å². The first-order valence-electron chi connectivity index (χ1n) is 5.10. The normalized spacial score (nSPS) is 11.7. The minimum atomic E-state index is -0.566. The summed E-state index contributed by atoms with van der Waals surface area (Å²) in [6, 6.07) is 4.55. The number of hydrogen-bond acceptors (Lipinski definition) is 4. The van der Waals surface area contributed by atoms with Crippen molar-refractivity contribution in [3.05, 3.63) is 23.8 Å².